The molecule has 0 aromatic heterocycles. The van der Waals surface area contributed by atoms with Crippen LogP contribution in [0.15, 0.2) is 24.3 Å². The van der Waals surface area contributed by atoms with Gasteiger partial charge in [0.2, 0.25) is 0 Å². The van der Waals surface area contributed by atoms with Crippen LogP contribution in [-0.2, 0) is 6.42 Å². The molecule has 1 aromatic carbocycles. The van der Waals surface area contributed by atoms with E-state index in [-0.39, 0.29) is 0 Å². The Hall–Kier alpha value is -0.930. The van der Waals surface area contributed by atoms with E-state index in [1.165, 1.54) is 19.3 Å². The lowest BCUT2D eigenvalue weighted by molar-refractivity contribution is 0.266. The van der Waals surface area contributed by atoms with E-state index in [9.17, 15) is 0 Å². The number of likely N-dealkylation sites (N-methyl/N-ethyl adjacent to an activating group) is 1. The Labute approximate surface area is 122 Å². The van der Waals surface area contributed by atoms with Gasteiger partial charge < -0.3 is 10.6 Å². The van der Waals surface area contributed by atoms with Crippen LogP contribution in [0.1, 0.15) is 43.2 Å². The molecule has 104 valence electrons. The standard InChI is InChI=1S/C16H24N2S/c1-2-18(11-10-16(17)19)12-14-8-5-7-13-6-3-4-9-15(13)14/h3-4,6,9,14H,2,5,7-8,10-12H2,1H3,(H2,17,19). The Balaban J connectivity index is 2.00. The van der Waals surface area contributed by atoms with Crippen molar-refractivity contribution in [1.29, 1.82) is 0 Å². The van der Waals surface area contributed by atoms with Crippen molar-refractivity contribution in [3.8, 4) is 0 Å². The first kappa shape index (κ1) is 14.5. The molecule has 19 heavy (non-hydrogen) atoms. The van der Waals surface area contributed by atoms with Crippen molar-refractivity contribution in [1.82, 2.24) is 4.90 Å². The molecule has 0 spiro atoms. The van der Waals surface area contributed by atoms with Gasteiger partial charge in [-0.15, -0.1) is 0 Å². The van der Waals surface area contributed by atoms with Gasteiger partial charge in [-0.1, -0.05) is 43.4 Å². The van der Waals surface area contributed by atoms with Crippen LogP contribution in [0.5, 0.6) is 0 Å². The first-order valence-electron chi connectivity index (χ1n) is 7.29. The third-order valence-corrected chi connectivity index (χ3v) is 4.30. The summed E-state index contributed by atoms with van der Waals surface area (Å²) < 4.78 is 0. The number of aryl methyl sites for hydroxylation is 1. The zero-order chi connectivity index (χ0) is 13.7. The lowest BCUT2D eigenvalue weighted by atomic mass is 9.82. The summed E-state index contributed by atoms with van der Waals surface area (Å²) in [6, 6.07) is 8.92. The summed E-state index contributed by atoms with van der Waals surface area (Å²) >= 11 is 4.98. The Morgan fingerprint density at radius 3 is 2.95 bits per heavy atom. The number of hydrogen-bond donors (Lipinski definition) is 1. The maximum atomic E-state index is 5.61. The SMILES string of the molecule is CCN(CCC(N)=S)CC1CCCc2ccccc21. The largest absolute Gasteiger partial charge is 0.393 e. The second kappa shape index (κ2) is 7.01. The highest BCUT2D eigenvalue weighted by Crippen LogP contribution is 2.31. The van der Waals surface area contributed by atoms with E-state index in [2.05, 4.69) is 36.1 Å². The number of nitrogens with two attached hydrogens (primary N) is 1. The minimum Gasteiger partial charge on any atom is -0.393 e. The third-order valence-electron chi connectivity index (χ3n) is 4.09. The zero-order valence-corrected chi connectivity index (χ0v) is 12.6. The highest BCUT2D eigenvalue weighted by atomic mass is 32.1. The Kier molecular flexibility index (Phi) is 5.34. The first-order chi connectivity index (χ1) is 9.20. The molecule has 0 fully saturated rings. The van der Waals surface area contributed by atoms with Gasteiger partial charge in [-0.05, 0) is 42.9 Å². The molecule has 0 aliphatic heterocycles. The molecule has 2 nitrogen and oxygen atoms in total. The molecule has 1 aliphatic rings. The van der Waals surface area contributed by atoms with Crippen LogP contribution < -0.4 is 5.73 Å². The fraction of sp³-hybridized carbons (Fsp3) is 0.562. The molecule has 2 N–H and O–H groups in total. The Morgan fingerprint density at radius 2 is 2.21 bits per heavy atom. The summed E-state index contributed by atoms with van der Waals surface area (Å²) in [7, 11) is 0. The molecule has 1 aromatic rings. The molecular weight excluding hydrogens is 252 g/mol. The van der Waals surface area contributed by atoms with E-state index in [0.29, 0.717) is 10.9 Å². The van der Waals surface area contributed by atoms with Crippen molar-refractivity contribution in [2.75, 3.05) is 19.6 Å². The third kappa shape index (κ3) is 4.02. The fourth-order valence-corrected chi connectivity index (χ4v) is 3.09. The molecule has 1 unspecified atom stereocenters. The van der Waals surface area contributed by atoms with Crippen molar-refractivity contribution in [3.05, 3.63) is 35.4 Å². The molecule has 0 saturated carbocycles. The summed E-state index contributed by atoms with van der Waals surface area (Å²) in [6.07, 6.45) is 4.69. The summed E-state index contributed by atoms with van der Waals surface area (Å²) in [5.74, 6) is 0.677. The maximum Gasteiger partial charge on any atom is 0.0740 e. The van der Waals surface area contributed by atoms with E-state index >= 15 is 0 Å². The minimum absolute atomic E-state index is 0.627. The van der Waals surface area contributed by atoms with Crippen molar-refractivity contribution in [3.63, 3.8) is 0 Å². The number of hydrogen-bond acceptors (Lipinski definition) is 2. The summed E-state index contributed by atoms with van der Waals surface area (Å²) in [5, 5.41) is 0. The average molecular weight is 276 g/mol. The highest BCUT2D eigenvalue weighted by Gasteiger charge is 2.21. The molecular formula is C16H24N2S. The lowest BCUT2D eigenvalue weighted by Gasteiger charge is -2.30. The summed E-state index contributed by atoms with van der Waals surface area (Å²) in [4.78, 5) is 3.11. The van der Waals surface area contributed by atoms with Gasteiger partial charge in [-0.2, -0.15) is 0 Å². The Morgan fingerprint density at radius 1 is 1.42 bits per heavy atom. The van der Waals surface area contributed by atoms with Crippen LogP contribution in [0.25, 0.3) is 0 Å². The molecule has 1 atom stereocenters. The van der Waals surface area contributed by atoms with Gasteiger partial charge in [0.25, 0.3) is 0 Å². The van der Waals surface area contributed by atoms with Crippen LogP contribution in [0, 0.1) is 0 Å². The van der Waals surface area contributed by atoms with Crippen molar-refractivity contribution >= 4 is 17.2 Å². The number of thiocarbonyl (C=S) groups is 1. The van der Waals surface area contributed by atoms with Crippen molar-refractivity contribution in [2.24, 2.45) is 5.73 Å². The molecule has 0 saturated heterocycles. The summed E-state index contributed by atoms with van der Waals surface area (Å²) in [6.45, 7) is 5.41. The van der Waals surface area contributed by atoms with Crippen LogP contribution >= 0.6 is 12.2 Å². The lowest BCUT2D eigenvalue weighted by Crippen LogP contribution is -2.32. The van der Waals surface area contributed by atoms with Gasteiger partial charge in [0.1, 0.15) is 0 Å². The quantitative estimate of drug-likeness (QED) is 0.810. The average Bonchev–Trinajstić information content (AvgIpc) is 2.43. The van der Waals surface area contributed by atoms with Gasteiger partial charge in [-0.3, -0.25) is 0 Å². The molecule has 1 aliphatic carbocycles. The molecule has 0 bridgehead atoms. The Bertz CT molecular complexity index is 431. The summed E-state index contributed by atoms with van der Waals surface area (Å²) in [5.41, 5.74) is 8.71. The smallest absolute Gasteiger partial charge is 0.0740 e. The van der Waals surface area contributed by atoms with E-state index in [1.54, 1.807) is 11.1 Å². The van der Waals surface area contributed by atoms with E-state index in [4.69, 9.17) is 18.0 Å². The molecule has 0 radical (unpaired) electrons. The highest BCUT2D eigenvalue weighted by molar-refractivity contribution is 7.80. The van der Waals surface area contributed by atoms with Gasteiger partial charge in [-0.25, -0.2) is 0 Å². The predicted octanol–water partition coefficient (Wildman–Crippen LogP) is 3.10. The van der Waals surface area contributed by atoms with Crippen molar-refractivity contribution < 1.29 is 0 Å². The van der Waals surface area contributed by atoms with Gasteiger partial charge >= 0.3 is 0 Å². The second-order valence-electron chi connectivity index (χ2n) is 5.40. The van der Waals surface area contributed by atoms with E-state index in [1.807, 2.05) is 0 Å². The minimum atomic E-state index is 0.627. The maximum absolute atomic E-state index is 5.61. The van der Waals surface area contributed by atoms with Gasteiger partial charge in [0.05, 0.1) is 4.99 Å². The van der Waals surface area contributed by atoms with Gasteiger partial charge in [0.15, 0.2) is 0 Å². The number of fused-ring (bicyclic) bond motifs is 1. The monoisotopic (exact) mass is 276 g/mol. The van der Waals surface area contributed by atoms with E-state index < -0.39 is 0 Å². The normalized spacial score (nSPS) is 18.3. The molecule has 3 heteroatoms. The van der Waals surface area contributed by atoms with Crippen LogP contribution in [0.3, 0.4) is 0 Å². The van der Waals surface area contributed by atoms with Crippen LogP contribution in [0.2, 0.25) is 0 Å². The second-order valence-corrected chi connectivity index (χ2v) is 5.92. The first-order valence-corrected chi connectivity index (χ1v) is 7.70. The van der Waals surface area contributed by atoms with Gasteiger partial charge in [0, 0.05) is 19.5 Å². The zero-order valence-electron chi connectivity index (χ0n) is 11.8. The predicted molar refractivity (Wildman–Crippen MR) is 85.6 cm³/mol. The molecule has 2 rings (SSSR count). The molecule has 0 heterocycles. The fourth-order valence-electron chi connectivity index (χ4n) is 3.00. The number of rotatable bonds is 6. The van der Waals surface area contributed by atoms with Crippen LogP contribution in [-0.4, -0.2) is 29.5 Å². The number of benzene rings is 1. The van der Waals surface area contributed by atoms with Crippen molar-refractivity contribution in [2.45, 2.75) is 38.5 Å². The van der Waals surface area contributed by atoms with Crippen LogP contribution in [0.4, 0.5) is 0 Å². The van der Waals surface area contributed by atoms with E-state index in [0.717, 1.165) is 26.1 Å². The topological polar surface area (TPSA) is 29.3 Å². The number of nitrogens with zero attached hydrogens (tertiary/aromatic N) is 1. The molecule has 0 amide bonds.